The van der Waals surface area contributed by atoms with Crippen molar-refractivity contribution >= 4 is 18.0 Å². The molecule has 2 aromatic carbocycles. The highest BCUT2D eigenvalue weighted by Gasteiger charge is 2.51. The molecule has 8 heteroatoms. The highest BCUT2D eigenvalue weighted by atomic mass is 16.5. The number of nitrogens with one attached hydrogen (secondary N) is 2. The maximum absolute atomic E-state index is 12.4. The van der Waals surface area contributed by atoms with Crippen LogP contribution in [0.25, 0.3) is 11.1 Å². The number of carbonyl (C=O) groups excluding carboxylic acids is 2. The summed E-state index contributed by atoms with van der Waals surface area (Å²) < 4.78 is 11.1. The minimum absolute atomic E-state index is 0.0395. The molecule has 1 atom stereocenters. The Bertz CT molecular complexity index is 1000. The fourth-order valence-corrected chi connectivity index (χ4v) is 4.31. The monoisotopic (exact) mass is 452 g/mol. The predicted octanol–water partition coefficient (Wildman–Crippen LogP) is 3.05. The largest absolute Gasteiger partial charge is 0.480 e. The van der Waals surface area contributed by atoms with Gasteiger partial charge in [-0.2, -0.15) is 0 Å². The van der Waals surface area contributed by atoms with E-state index in [1.54, 1.807) is 6.92 Å². The molecule has 0 bridgehead atoms. The first-order chi connectivity index (χ1) is 15.9. The van der Waals surface area contributed by atoms with Crippen LogP contribution < -0.4 is 10.6 Å². The normalized spacial score (nSPS) is 16.3. The van der Waals surface area contributed by atoms with Crippen molar-refractivity contribution in [1.82, 2.24) is 10.6 Å². The zero-order chi connectivity index (χ0) is 23.4. The van der Waals surface area contributed by atoms with Gasteiger partial charge in [-0.05, 0) is 42.0 Å². The molecular weight excluding hydrogens is 424 g/mol. The zero-order valence-electron chi connectivity index (χ0n) is 18.5. The summed E-state index contributed by atoms with van der Waals surface area (Å²) in [5.41, 5.74) is 3.41. The minimum atomic E-state index is -1.14. The van der Waals surface area contributed by atoms with E-state index >= 15 is 0 Å². The Balaban J connectivity index is 1.29. The molecule has 2 aromatic rings. The summed E-state index contributed by atoms with van der Waals surface area (Å²) in [6.07, 6.45) is -0.380. The van der Waals surface area contributed by atoms with Gasteiger partial charge in [0.15, 0.2) is 0 Å². The third kappa shape index (κ3) is 5.01. The zero-order valence-corrected chi connectivity index (χ0v) is 18.5. The van der Waals surface area contributed by atoms with Crippen LogP contribution >= 0.6 is 0 Å². The number of hydrogen-bond acceptors (Lipinski definition) is 5. The fraction of sp³-hybridized carbons (Fsp3) is 0.400. The number of carbonyl (C=O) groups is 3. The standard InChI is InChI=1S/C25H28N2O6/c1-2-32-16(13-22(28)27-25(11-12-25)23(29)30)14-26-24(31)33-15-21-19-9-5-3-7-17(19)18-8-4-6-10-20(18)21/h3-10,16,21H,2,11-15H2,1H3,(H,26,31)(H,27,28)(H,29,30). The van der Waals surface area contributed by atoms with Crippen LogP contribution in [0, 0.1) is 0 Å². The van der Waals surface area contributed by atoms with Crippen molar-refractivity contribution in [3.8, 4) is 11.1 Å². The maximum atomic E-state index is 12.4. The quantitative estimate of drug-likeness (QED) is 0.511. The molecule has 174 valence electrons. The molecule has 8 nitrogen and oxygen atoms in total. The van der Waals surface area contributed by atoms with Crippen LogP contribution in [0.1, 0.15) is 43.2 Å². The van der Waals surface area contributed by atoms with E-state index in [0.717, 1.165) is 22.3 Å². The van der Waals surface area contributed by atoms with E-state index < -0.39 is 29.6 Å². The van der Waals surface area contributed by atoms with Gasteiger partial charge in [0, 0.05) is 19.1 Å². The van der Waals surface area contributed by atoms with Crippen molar-refractivity contribution in [3.63, 3.8) is 0 Å². The van der Waals surface area contributed by atoms with E-state index in [-0.39, 0.29) is 25.5 Å². The summed E-state index contributed by atoms with van der Waals surface area (Å²) >= 11 is 0. The van der Waals surface area contributed by atoms with Gasteiger partial charge in [-0.15, -0.1) is 0 Å². The topological polar surface area (TPSA) is 114 Å². The second kappa shape index (κ2) is 9.62. The van der Waals surface area contributed by atoms with Gasteiger partial charge >= 0.3 is 12.1 Å². The van der Waals surface area contributed by atoms with Crippen molar-refractivity contribution in [1.29, 1.82) is 0 Å². The fourth-order valence-electron chi connectivity index (χ4n) is 4.31. The van der Waals surface area contributed by atoms with Gasteiger partial charge in [0.25, 0.3) is 0 Å². The van der Waals surface area contributed by atoms with Crippen molar-refractivity contribution in [2.75, 3.05) is 19.8 Å². The lowest BCUT2D eigenvalue weighted by molar-refractivity contribution is -0.143. The third-order valence-electron chi connectivity index (χ3n) is 6.17. The lowest BCUT2D eigenvalue weighted by atomic mass is 9.98. The number of carboxylic acids is 1. The molecule has 2 aliphatic rings. The summed E-state index contributed by atoms with van der Waals surface area (Å²) in [6, 6.07) is 16.2. The number of ether oxygens (including phenoxy) is 2. The predicted molar refractivity (Wildman–Crippen MR) is 121 cm³/mol. The Hall–Kier alpha value is -3.39. The molecule has 1 unspecified atom stereocenters. The highest BCUT2D eigenvalue weighted by Crippen LogP contribution is 2.44. The number of aliphatic carboxylic acids is 1. The summed E-state index contributed by atoms with van der Waals surface area (Å²) in [7, 11) is 0. The molecule has 33 heavy (non-hydrogen) atoms. The molecule has 0 radical (unpaired) electrons. The molecule has 4 rings (SSSR count). The molecule has 0 heterocycles. The summed E-state index contributed by atoms with van der Waals surface area (Å²) in [4.78, 5) is 35.9. The Morgan fingerprint density at radius 1 is 1.06 bits per heavy atom. The van der Waals surface area contributed by atoms with Gasteiger partial charge in [0.2, 0.25) is 5.91 Å². The van der Waals surface area contributed by atoms with E-state index in [0.29, 0.717) is 19.4 Å². The first-order valence-corrected chi connectivity index (χ1v) is 11.2. The Morgan fingerprint density at radius 2 is 1.67 bits per heavy atom. The number of hydrogen-bond donors (Lipinski definition) is 3. The minimum Gasteiger partial charge on any atom is -0.480 e. The Kier molecular flexibility index (Phi) is 6.65. The number of alkyl carbamates (subject to hydrolysis) is 1. The Morgan fingerprint density at radius 3 is 2.21 bits per heavy atom. The molecule has 2 aliphatic carbocycles. The smallest absolute Gasteiger partial charge is 0.407 e. The number of rotatable bonds is 10. The third-order valence-corrected chi connectivity index (χ3v) is 6.17. The van der Waals surface area contributed by atoms with E-state index in [4.69, 9.17) is 9.47 Å². The van der Waals surface area contributed by atoms with Gasteiger partial charge in [-0.25, -0.2) is 9.59 Å². The first kappa shape index (κ1) is 22.8. The number of carboxylic acid groups (broad SMARTS) is 1. The van der Waals surface area contributed by atoms with E-state index in [9.17, 15) is 19.5 Å². The second-order valence-electron chi connectivity index (χ2n) is 8.42. The van der Waals surface area contributed by atoms with Gasteiger partial charge in [0.1, 0.15) is 12.1 Å². The maximum Gasteiger partial charge on any atom is 0.407 e. The van der Waals surface area contributed by atoms with Crippen LogP contribution in [-0.2, 0) is 19.1 Å². The number of amides is 2. The van der Waals surface area contributed by atoms with Crippen molar-refractivity contribution in [2.45, 2.75) is 43.7 Å². The van der Waals surface area contributed by atoms with Crippen LogP contribution in [0.2, 0.25) is 0 Å². The van der Waals surface area contributed by atoms with Gasteiger partial charge in [0.05, 0.1) is 12.5 Å². The number of fused-ring (bicyclic) bond motifs is 3. The van der Waals surface area contributed by atoms with Crippen LogP contribution in [0.3, 0.4) is 0 Å². The van der Waals surface area contributed by atoms with Crippen molar-refractivity contribution in [3.05, 3.63) is 59.7 Å². The van der Waals surface area contributed by atoms with Gasteiger partial charge in [-0.3, -0.25) is 4.79 Å². The first-order valence-electron chi connectivity index (χ1n) is 11.2. The van der Waals surface area contributed by atoms with Gasteiger partial charge < -0.3 is 25.2 Å². The average Bonchev–Trinajstić information content (AvgIpc) is 3.52. The van der Waals surface area contributed by atoms with Crippen molar-refractivity contribution in [2.24, 2.45) is 0 Å². The van der Waals surface area contributed by atoms with Crippen molar-refractivity contribution < 1.29 is 29.0 Å². The van der Waals surface area contributed by atoms with E-state index in [1.165, 1.54) is 0 Å². The molecule has 1 saturated carbocycles. The second-order valence-corrected chi connectivity index (χ2v) is 8.42. The summed E-state index contributed by atoms with van der Waals surface area (Å²) in [5.74, 6) is -1.48. The highest BCUT2D eigenvalue weighted by molar-refractivity contribution is 5.89. The van der Waals surface area contributed by atoms with E-state index in [2.05, 4.69) is 34.9 Å². The molecule has 1 fully saturated rings. The molecule has 0 spiro atoms. The SMILES string of the molecule is CCOC(CNC(=O)OCC1c2ccccc2-c2ccccc21)CC(=O)NC1(C(=O)O)CC1. The Labute approximate surface area is 192 Å². The molecule has 3 N–H and O–H groups in total. The lowest BCUT2D eigenvalue weighted by Gasteiger charge is -2.20. The summed E-state index contributed by atoms with van der Waals surface area (Å²) in [6.45, 7) is 2.42. The molecule has 0 saturated heterocycles. The van der Waals surface area contributed by atoms with Crippen LogP contribution in [0.15, 0.2) is 48.5 Å². The van der Waals surface area contributed by atoms with Crippen LogP contribution in [-0.4, -0.2) is 54.5 Å². The van der Waals surface area contributed by atoms with Gasteiger partial charge in [-0.1, -0.05) is 48.5 Å². The van der Waals surface area contributed by atoms with E-state index in [1.807, 2.05) is 24.3 Å². The van der Waals surface area contributed by atoms with Crippen LogP contribution in [0.4, 0.5) is 4.79 Å². The summed E-state index contributed by atoms with van der Waals surface area (Å²) in [5, 5.41) is 14.4. The number of benzene rings is 2. The molecule has 0 aromatic heterocycles. The lowest BCUT2D eigenvalue weighted by Crippen LogP contribution is -2.45. The average molecular weight is 453 g/mol. The van der Waals surface area contributed by atoms with Crippen LogP contribution in [0.5, 0.6) is 0 Å². The molecule has 0 aliphatic heterocycles. The molecule has 2 amide bonds. The molecular formula is C25H28N2O6.